The zero-order chi connectivity index (χ0) is 12.7. The Balaban J connectivity index is 2.47. The fourth-order valence-electron chi connectivity index (χ4n) is 1.40. The van der Waals surface area contributed by atoms with E-state index in [1.165, 1.54) is 6.42 Å². The number of halogens is 3. The third-order valence-electron chi connectivity index (χ3n) is 2.29. The monoisotopic (exact) mass is 385 g/mol. The van der Waals surface area contributed by atoms with Gasteiger partial charge in [0.2, 0.25) is 0 Å². The molecule has 1 N–H and O–H groups in total. The van der Waals surface area contributed by atoms with Gasteiger partial charge in [0.05, 0.1) is 15.6 Å². The van der Waals surface area contributed by atoms with E-state index in [2.05, 4.69) is 27.9 Å². The summed E-state index contributed by atoms with van der Waals surface area (Å²) in [6.45, 7) is 0.664. The van der Waals surface area contributed by atoms with Gasteiger partial charge in [-0.1, -0.05) is 58.3 Å². The van der Waals surface area contributed by atoms with Crippen LogP contribution < -0.4 is 5.32 Å². The third-order valence-corrected chi connectivity index (χ3v) is 3.68. The van der Waals surface area contributed by atoms with Gasteiger partial charge in [0.25, 0.3) is 5.91 Å². The number of hydrogen-bond acceptors (Lipinski definition) is 1. The van der Waals surface area contributed by atoms with Crippen LogP contribution in [0.5, 0.6) is 0 Å². The summed E-state index contributed by atoms with van der Waals surface area (Å²) in [6, 6.07) is 5.05. The first-order valence-corrected chi connectivity index (χ1v) is 7.73. The van der Waals surface area contributed by atoms with Gasteiger partial charge in [0, 0.05) is 6.54 Å². The van der Waals surface area contributed by atoms with Gasteiger partial charge in [0.1, 0.15) is 0 Å². The summed E-state index contributed by atoms with van der Waals surface area (Å²) in [7, 11) is 0. The van der Waals surface area contributed by atoms with Crippen molar-refractivity contribution in [3.8, 4) is 0 Å². The first-order chi connectivity index (χ1) is 8.16. The fraction of sp³-hybridized carbons (Fsp3) is 0.417. The first kappa shape index (κ1) is 15.1. The van der Waals surface area contributed by atoms with Crippen LogP contribution >= 0.6 is 45.8 Å². The molecule has 1 aromatic carbocycles. The van der Waals surface area contributed by atoms with E-state index in [-0.39, 0.29) is 5.91 Å². The number of benzene rings is 1. The van der Waals surface area contributed by atoms with Crippen LogP contribution in [-0.2, 0) is 0 Å². The molecule has 0 saturated heterocycles. The highest BCUT2D eigenvalue weighted by Crippen LogP contribution is 2.23. The van der Waals surface area contributed by atoms with E-state index in [1.54, 1.807) is 18.2 Å². The van der Waals surface area contributed by atoms with Crippen LogP contribution in [0.15, 0.2) is 18.2 Å². The van der Waals surface area contributed by atoms with E-state index in [1.807, 2.05) is 0 Å². The predicted molar refractivity (Wildman–Crippen MR) is 81.5 cm³/mol. The van der Waals surface area contributed by atoms with Crippen molar-refractivity contribution in [3.05, 3.63) is 33.8 Å². The topological polar surface area (TPSA) is 29.1 Å². The second kappa shape index (κ2) is 8.16. The molecule has 0 unspecified atom stereocenters. The second-order valence-corrected chi connectivity index (χ2v) is 5.50. The zero-order valence-electron chi connectivity index (χ0n) is 9.31. The number of amides is 1. The lowest BCUT2D eigenvalue weighted by Gasteiger charge is -2.07. The van der Waals surface area contributed by atoms with Crippen molar-refractivity contribution in [2.45, 2.75) is 19.3 Å². The molecule has 0 bridgehead atoms. The molecule has 2 nitrogen and oxygen atoms in total. The smallest absolute Gasteiger partial charge is 0.254 e. The number of alkyl halides is 1. The molecular weight excluding hydrogens is 372 g/mol. The SMILES string of the molecule is O=C(NCCCCCI)c1c(Cl)cccc1Cl. The molecule has 0 aliphatic rings. The van der Waals surface area contributed by atoms with Crippen LogP contribution in [0.4, 0.5) is 0 Å². The Morgan fingerprint density at radius 3 is 2.41 bits per heavy atom. The van der Waals surface area contributed by atoms with Crippen LogP contribution in [0.1, 0.15) is 29.6 Å². The van der Waals surface area contributed by atoms with Crippen molar-refractivity contribution in [2.24, 2.45) is 0 Å². The maximum atomic E-state index is 11.8. The Hall–Kier alpha value is -0.000000000000000111. The van der Waals surface area contributed by atoms with Crippen molar-refractivity contribution in [1.29, 1.82) is 0 Å². The lowest BCUT2D eigenvalue weighted by Crippen LogP contribution is -2.25. The van der Waals surface area contributed by atoms with Crippen molar-refractivity contribution in [1.82, 2.24) is 5.32 Å². The Morgan fingerprint density at radius 2 is 1.82 bits per heavy atom. The van der Waals surface area contributed by atoms with E-state index >= 15 is 0 Å². The molecule has 1 amide bonds. The maximum Gasteiger partial charge on any atom is 0.254 e. The summed E-state index contributed by atoms with van der Waals surface area (Å²) in [5, 5.41) is 3.61. The zero-order valence-corrected chi connectivity index (χ0v) is 13.0. The first-order valence-electron chi connectivity index (χ1n) is 5.45. The molecule has 0 saturated carbocycles. The van der Waals surface area contributed by atoms with Crippen LogP contribution in [0, 0.1) is 0 Å². The van der Waals surface area contributed by atoms with Gasteiger partial charge in [-0.05, 0) is 29.4 Å². The van der Waals surface area contributed by atoms with Gasteiger partial charge in [-0.2, -0.15) is 0 Å². The molecule has 0 heterocycles. The Labute approximate surface area is 125 Å². The van der Waals surface area contributed by atoms with Gasteiger partial charge in [0.15, 0.2) is 0 Å². The number of carbonyl (C=O) groups is 1. The maximum absolute atomic E-state index is 11.8. The van der Waals surface area contributed by atoms with E-state index in [0.29, 0.717) is 22.2 Å². The normalized spacial score (nSPS) is 10.3. The molecular formula is C12H14Cl2INO. The molecule has 0 fully saturated rings. The molecule has 0 aliphatic heterocycles. The van der Waals surface area contributed by atoms with E-state index in [4.69, 9.17) is 23.2 Å². The number of nitrogens with one attached hydrogen (secondary N) is 1. The molecule has 1 rings (SSSR count). The summed E-state index contributed by atoms with van der Waals surface area (Å²) >= 11 is 14.2. The quantitative estimate of drug-likeness (QED) is 0.440. The van der Waals surface area contributed by atoms with Crippen molar-refractivity contribution >= 4 is 51.7 Å². The number of hydrogen-bond donors (Lipinski definition) is 1. The third kappa shape index (κ3) is 5.02. The molecule has 1 aromatic rings. The number of unbranched alkanes of at least 4 members (excludes halogenated alkanes) is 2. The lowest BCUT2D eigenvalue weighted by molar-refractivity contribution is 0.0953. The van der Waals surface area contributed by atoms with Crippen LogP contribution in [-0.4, -0.2) is 16.9 Å². The van der Waals surface area contributed by atoms with Gasteiger partial charge >= 0.3 is 0 Å². The van der Waals surface area contributed by atoms with Crippen molar-refractivity contribution in [3.63, 3.8) is 0 Å². The summed E-state index contributed by atoms with van der Waals surface area (Å²) in [5.41, 5.74) is 0.365. The molecule has 0 radical (unpaired) electrons. The molecule has 0 aromatic heterocycles. The standard InChI is InChI=1S/C12H14Cl2INO/c13-9-5-4-6-10(14)11(9)12(17)16-8-3-1-2-7-15/h4-6H,1-3,7-8H2,(H,16,17). The van der Waals surface area contributed by atoms with E-state index in [9.17, 15) is 4.79 Å². The average Bonchev–Trinajstić information content (AvgIpc) is 2.28. The Bertz CT molecular complexity index is 365. The minimum Gasteiger partial charge on any atom is -0.352 e. The largest absolute Gasteiger partial charge is 0.352 e. The average molecular weight is 386 g/mol. The van der Waals surface area contributed by atoms with Crippen molar-refractivity contribution < 1.29 is 4.79 Å². The molecule has 17 heavy (non-hydrogen) atoms. The predicted octanol–water partition coefficient (Wildman–Crippen LogP) is 4.33. The molecule has 94 valence electrons. The highest BCUT2D eigenvalue weighted by atomic mass is 127. The van der Waals surface area contributed by atoms with Crippen LogP contribution in [0.25, 0.3) is 0 Å². The van der Waals surface area contributed by atoms with Crippen LogP contribution in [0.2, 0.25) is 10.0 Å². The second-order valence-electron chi connectivity index (χ2n) is 3.60. The van der Waals surface area contributed by atoms with Crippen molar-refractivity contribution in [2.75, 3.05) is 11.0 Å². The minimum absolute atomic E-state index is 0.199. The highest BCUT2D eigenvalue weighted by molar-refractivity contribution is 14.1. The molecule has 0 aliphatic carbocycles. The van der Waals surface area contributed by atoms with E-state index < -0.39 is 0 Å². The Kier molecular flexibility index (Phi) is 7.23. The number of rotatable bonds is 6. The highest BCUT2D eigenvalue weighted by Gasteiger charge is 2.13. The molecule has 0 atom stereocenters. The van der Waals surface area contributed by atoms with Gasteiger partial charge < -0.3 is 5.32 Å². The summed E-state index contributed by atoms with van der Waals surface area (Å²) in [6.07, 6.45) is 3.29. The van der Waals surface area contributed by atoms with Gasteiger partial charge in [-0.15, -0.1) is 0 Å². The van der Waals surface area contributed by atoms with Crippen LogP contribution in [0.3, 0.4) is 0 Å². The van der Waals surface area contributed by atoms with Gasteiger partial charge in [-0.3, -0.25) is 4.79 Å². The number of carbonyl (C=O) groups excluding carboxylic acids is 1. The summed E-state index contributed by atoms with van der Waals surface area (Å²) in [5.74, 6) is -0.199. The summed E-state index contributed by atoms with van der Waals surface area (Å²) < 4.78 is 1.15. The minimum atomic E-state index is -0.199. The van der Waals surface area contributed by atoms with Gasteiger partial charge in [-0.25, -0.2) is 0 Å². The fourth-order valence-corrected chi connectivity index (χ4v) is 2.51. The Morgan fingerprint density at radius 1 is 1.18 bits per heavy atom. The molecule has 0 spiro atoms. The lowest BCUT2D eigenvalue weighted by atomic mass is 10.2. The summed E-state index contributed by atoms with van der Waals surface area (Å²) in [4.78, 5) is 11.8. The molecule has 5 heteroatoms. The van der Waals surface area contributed by atoms with E-state index in [0.717, 1.165) is 17.3 Å².